The zero-order chi connectivity index (χ0) is 14.3. The van der Waals surface area contributed by atoms with Gasteiger partial charge in [-0.3, -0.25) is 0 Å². The van der Waals surface area contributed by atoms with Crippen molar-refractivity contribution in [3.05, 3.63) is 61.3 Å². The Bertz CT molecular complexity index is 164. The average Bonchev–Trinajstić information content (AvgIpc) is 1.76. The first-order chi connectivity index (χ1) is 6.93. The van der Waals surface area contributed by atoms with Crippen LogP contribution in [0.1, 0.15) is 0 Å². The first-order valence-electron chi connectivity index (χ1n) is 2.19. The number of nitrogens with zero attached hydrogens (tertiary/aromatic N) is 4. The van der Waals surface area contributed by atoms with Crippen LogP contribution in [0.2, 0.25) is 0 Å². The third-order valence-electron chi connectivity index (χ3n) is 0. The summed E-state index contributed by atoms with van der Waals surface area (Å²) < 4.78 is 0. The van der Waals surface area contributed by atoms with Crippen molar-refractivity contribution in [2.45, 2.75) is 0 Å². The smallest absolute Gasteiger partial charge is 0.356 e. The normalized spacial score (nSPS) is 5.33. The molecule has 0 atom stereocenters. The monoisotopic (exact) mass is 298 g/mol. The maximum Gasteiger partial charge on any atom is 3.00 e. The quantitative estimate of drug-likeness (QED) is 0.233. The van der Waals surface area contributed by atoms with Crippen molar-refractivity contribution in [3.8, 4) is 0 Å². The molecular weight excluding hydrogens is 298 g/mol. The van der Waals surface area contributed by atoms with Crippen LogP contribution in [0, 0.1) is 61.3 Å². The Morgan fingerprint density at radius 1 is 0.444 bits per heavy atom. The molecule has 0 bridgehead atoms. The van der Waals surface area contributed by atoms with Gasteiger partial charge in [-0.15, -0.1) is 0 Å². The van der Waals surface area contributed by atoms with E-state index in [2.05, 4.69) is 0 Å². The van der Waals surface area contributed by atoms with Gasteiger partial charge in [0.15, 0.2) is 0 Å². The first-order valence-corrected chi connectivity index (χ1v) is 2.19. The second-order valence-electron chi connectivity index (χ2n) is 0.894. The van der Waals surface area contributed by atoms with E-state index in [1.165, 1.54) is 0 Å². The molecule has 0 amide bonds. The van der Waals surface area contributed by atoms with E-state index in [1.54, 1.807) is 0 Å². The predicted octanol–water partition coefficient (Wildman–Crippen LogP) is -4.33. The maximum absolute atomic E-state index is 8.25. The molecule has 18 heavy (non-hydrogen) atoms. The fraction of sp³-hybridized carbons (Fsp3) is 0. The van der Waals surface area contributed by atoms with E-state index in [-0.39, 0.29) is 59.8 Å². The average molecular weight is 298 g/mol. The molecule has 0 aliphatic rings. The number of hydrogen-bond acceptors (Lipinski definition) is 12. The van der Waals surface area contributed by atoms with Crippen LogP contribution in [-0.4, -0.2) is 28.8 Å². The van der Waals surface area contributed by atoms with Crippen LogP contribution < -0.4 is 51.4 Å². The molecule has 0 heterocycles. The Labute approximate surface area is 140 Å². The minimum Gasteiger partial charge on any atom is -0.356 e. The molecule has 0 aromatic rings. The fourth-order valence-corrected chi connectivity index (χ4v) is 0. The second-order valence-corrected chi connectivity index (χ2v) is 0.894. The summed E-state index contributed by atoms with van der Waals surface area (Å²) >= 11 is 0. The number of hydrogen-bond donors (Lipinski definition) is 0. The van der Waals surface area contributed by atoms with Crippen molar-refractivity contribution >= 4 is 8.41 Å². The van der Waals surface area contributed by atoms with E-state index < -0.39 is 20.3 Å². The van der Waals surface area contributed by atoms with Crippen molar-refractivity contribution in [1.29, 1.82) is 0 Å². The predicted molar refractivity (Wildman–Crippen MR) is 47.2 cm³/mol. The van der Waals surface area contributed by atoms with E-state index in [0.717, 1.165) is 0 Å². The van der Waals surface area contributed by atoms with Crippen LogP contribution in [0.25, 0.3) is 0 Å². The molecule has 0 spiro atoms. The zero-order valence-corrected chi connectivity index (χ0v) is 11.4. The topological polar surface area (TPSA) is 265 Å². The SMILES string of the molecule is O=[N+]([O-])[O-].O=[N+]([O-])[O-].O=[N+]([O-])[O-].O=[N+]([O-])[O-].[B+3].[K+]. The second kappa shape index (κ2) is 29.6. The fourth-order valence-electron chi connectivity index (χ4n) is 0. The van der Waals surface area contributed by atoms with Crippen molar-refractivity contribution < 1.29 is 71.7 Å². The zero-order valence-electron chi connectivity index (χ0n) is 8.27. The Balaban J connectivity index is -0.0000000257. The van der Waals surface area contributed by atoms with Crippen molar-refractivity contribution in [2.75, 3.05) is 0 Å². The Morgan fingerprint density at radius 2 is 0.444 bits per heavy atom. The summed E-state index contributed by atoms with van der Waals surface area (Å²) in [6.45, 7) is 0. The molecule has 96 valence electrons. The van der Waals surface area contributed by atoms with E-state index in [4.69, 9.17) is 61.3 Å². The molecular formula is BKN4O12. The van der Waals surface area contributed by atoms with Crippen LogP contribution in [0.3, 0.4) is 0 Å². The van der Waals surface area contributed by atoms with Crippen molar-refractivity contribution in [3.63, 3.8) is 0 Å². The van der Waals surface area contributed by atoms with Gasteiger partial charge in [0.25, 0.3) is 0 Å². The molecule has 0 fully saturated rings. The van der Waals surface area contributed by atoms with Gasteiger partial charge in [0.05, 0.1) is 20.3 Å². The molecule has 18 heteroatoms. The molecule has 0 aliphatic heterocycles. The van der Waals surface area contributed by atoms with Gasteiger partial charge in [-0.25, -0.2) is 0 Å². The molecule has 0 aromatic carbocycles. The van der Waals surface area contributed by atoms with E-state index in [9.17, 15) is 0 Å². The molecule has 0 saturated heterocycles. The summed E-state index contributed by atoms with van der Waals surface area (Å²) in [5.41, 5.74) is 0. The summed E-state index contributed by atoms with van der Waals surface area (Å²) in [4.78, 5) is 33.0. The summed E-state index contributed by atoms with van der Waals surface area (Å²) in [5.74, 6) is 0. The Hall–Kier alpha value is -1.50. The van der Waals surface area contributed by atoms with Crippen LogP contribution in [0.15, 0.2) is 0 Å². The third kappa shape index (κ3) is 1180. The van der Waals surface area contributed by atoms with Gasteiger partial charge in [-0.05, 0) is 0 Å². The first kappa shape index (κ1) is 36.0. The van der Waals surface area contributed by atoms with Gasteiger partial charge in [-0.1, -0.05) is 0 Å². The van der Waals surface area contributed by atoms with Crippen LogP contribution in [-0.2, 0) is 0 Å². The summed E-state index contributed by atoms with van der Waals surface area (Å²) in [6, 6.07) is 0. The standard InChI is InChI=1S/B.K.4NO3/c;;4*2-1(3)4/q+3;+1;4*-1. The van der Waals surface area contributed by atoms with Crippen LogP contribution >= 0.6 is 0 Å². The molecule has 0 unspecified atom stereocenters. The summed E-state index contributed by atoms with van der Waals surface area (Å²) in [7, 11) is 0. The van der Waals surface area contributed by atoms with Gasteiger partial charge in [0.2, 0.25) is 0 Å². The van der Waals surface area contributed by atoms with E-state index in [1.807, 2.05) is 0 Å². The van der Waals surface area contributed by atoms with Gasteiger partial charge < -0.3 is 61.3 Å². The van der Waals surface area contributed by atoms with E-state index in [0.29, 0.717) is 0 Å². The van der Waals surface area contributed by atoms with Crippen LogP contribution in [0.4, 0.5) is 0 Å². The number of rotatable bonds is 0. The van der Waals surface area contributed by atoms with E-state index >= 15 is 0 Å². The minimum atomic E-state index is -1.75. The molecule has 0 rings (SSSR count). The molecule has 0 aromatic heterocycles. The Kier molecular flexibility index (Phi) is 59.0. The van der Waals surface area contributed by atoms with Crippen LogP contribution in [0.5, 0.6) is 0 Å². The maximum atomic E-state index is 8.25. The largest absolute Gasteiger partial charge is 3.00 e. The van der Waals surface area contributed by atoms with Gasteiger partial charge in [0, 0.05) is 0 Å². The molecule has 0 aliphatic carbocycles. The van der Waals surface area contributed by atoms with Crippen molar-refractivity contribution in [1.82, 2.24) is 0 Å². The van der Waals surface area contributed by atoms with Gasteiger partial charge in [-0.2, -0.15) is 0 Å². The summed E-state index contributed by atoms with van der Waals surface area (Å²) in [5, 5.41) is 59.0. The third-order valence-corrected chi connectivity index (χ3v) is 0. The molecule has 0 N–H and O–H groups in total. The molecule has 0 radical (unpaired) electrons. The summed E-state index contributed by atoms with van der Waals surface area (Å²) in [6.07, 6.45) is 0. The van der Waals surface area contributed by atoms with Gasteiger partial charge >= 0.3 is 59.8 Å². The van der Waals surface area contributed by atoms with Crippen molar-refractivity contribution in [2.24, 2.45) is 0 Å². The van der Waals surface area contributed by atoms with Gasteiger partial charge in [0.1, 0.15) is 0 Å². The molecule has 16 nitrogen and oxygen atoms in total. The minimum absolute atomic E-state index is 0. The molecule has 0 saturated carbocycles. The Morgan fingerprint density at radius 3 is 0.444 bits per heavy atom.